The molecule has 0 spiro atoms. The fourth-order valence-electron chi connectivity index (χ4n) is 4.71. The molecule has 0 bridgehead atoms. The summed E-state index contributed by atoms with van der Waals surface area (Å²) in [5.74, 6) is 0.784. The Labute approximate surface area is 164 Å². The quantitative estimate of drug-likeness (QED) is 0.737. The van der Waals surface area contributed by atoms with Crippen LogP contribution in [0.3, 0.4) is 0 Å². The van der Waals surface area contributed by atoms with E-state index in [4.69, 9.17) is 0 Å². The second-order valence-corrected chi connectivity index (χ2v) is 8.07. The van der Waals surface area contributed by atoms with Gasteiger partial charge in [0.1, 0.15) is 0 Å². The molecule has 1 aliphatic carbocycles. The summed E-state index contributed by atoms with van der Waals surface area (Å²) in [5.41, 5.74) is 2.84. The number of nitrogens with zero attached hydrogens (tertiary/aromatic N) is 2. The number of piperazine rings is 1. The zero-order valence-corrected chi connectivity index (χ0v) is 16.3. The Morgan fingerprint density at radius 1 is 0.741 bits per heavy atom. The maximum absolute atomic E-state index is 2.76. The minimum absolute atomic E-state index is 0.784. The molecule has 0 radical (unpaired) electrons. The van der Waals surface area contributed by atoms with Crippen LogP contribution in [0.1, 0.15) is 42.7 Å². The van der Waals surface area contributed by atoms with E-state index >= 15 is 0 Å². The van der Waals surface area contributed by atoms with E-state index in [-0.39, 0.29) is 0 Å². The lowest BCUT2D eigenvalue weighted by molar-refractivity contribution is 0.0816. The van der Waals surface area contributed by atoms with E-state index in [9.17, 15) is 0 Å². The molecule has 2 nitrogen and oxygen atoms in total. The van der Waals surface area contributed by atoms with Crippen molar-refractivity contribution < 1.29 is 0 Å². The fourth-order valence-corrected chi connectivity index (χ4v) is 4.71. The summed E-state index contributed by atoms with van der Waals surface area (Å²) in [7, 11) is 0. The van der Waals surface area contributed by atoms with E-state index in [1.807, 2.05) is 0 Å². The van der Waals surface area contributed by atoms with Gasteiger partial charge in [0.2, 0.25) is 0 Å². The van der Waals surface area contributed by atoms with E-state index in [0.717, 1.165) is 18.5 Å². The lowest BCUT2D eigenvalue weighted by Crippen LogP contribution is -2.50. The molecular weight excluding hydrogens is 328 g/mol. The van der Waals surface area contributed by atoms with Crippen molar-refractivity contribution in [3.05, 3.63) is 77.9 Å². The Kier molecular flexibility index (Phi) is 6.39. The highest BCUT2D eigenvalue weighted by molar-refractivity contribution is 5.48. The van der Waals surface area contributed by atoms with Gasteiger partial charge >= 0.3 is 0 Å². The molecule has 1 heterocycles. The molecule has 142 valence electrons. The molecule has 2 aromatic rings. The van der Waals surface area contributed by atoms with E-state index in [2.05, 4.69) is 82.6 Å². The first-order valence-corrected chi connectivity index (χ1v) is 10.6. The van der Waals surface area contributed by atoms with E-state index in [1.54, 1.807) is 5.56 Å². The highest BCUT2D eigenvalue weighted by atomic mass is 15.3. The molecule has 27 heavy (non-hydrogen) atoms. The SMILES string of the molecule is C(=Cc1ccccc1)CN1CCN(C2CCC(c3ccccc3)CC2)CC1. The lowest BCUT2D eigenvalue weighted by Gasteiger charge is -2.42. The van der Waals surface area contributed by atoms with Crippen LogP contribution in [-0.4, -0.2) is 48.6 Å². The van der Waals surface area contributed by atoms with E-state index in [0.29, 0.717) is 0 Å². The highest BCUT2D eigenvalue weighted by Crippen LogP contribution is 2.34. The van der Waals surface area contributed by atoms with Crippen molar-refractivity contribution in [1.29, 1.82) is 0 Å². The zero-order chi connectivity index (χ0) is 18.3. The normalized spacial score (nSPS) is 25.0. The predicted molar refractivity (Wildman–Crippen MR) is 115 cm³/mol. The van der Waals surface area contributed by atoms with Crippen molar-refractivity contribution in [1.82, 2.24) is 9.80 Å². The van der Waals surface area contributed by atoms with Crippen molar-refractivity contribution in [3.8, 4) is 0 Å². The number of benzene rings is 2. The van der Waals surface area contributed by atoms with Crippen LogP contribution >= 0.6 is 0 Å². The van der Waals surface area contributed by atoms with Crippen LogP contribution in [-0.2, 0) is 0 Å². The van der Waals surface area contributed by atoms with Crippen molar-refractivity contribution in [2.24, 2.45) is 0 Å². The average molecular weight is 361 g/mol. The van der Waals surface area contributed by atoms with Crippen LogP contribution in [0, 0.1) is 0 Å². The summed E-state index contributed by atoms with van der Waals surface area (Å²) in [5, 5.41) is 0. The molecule has 1 aliphatic heterocycles. The van der Waals surface area contributed by atoms with Gasteiger partial charge in [-0.3, -0.25) is 9.80 Å². The molecule has 2 aliphatic rings. The smallest absolute Gasteiger partial charge is 0.0167 e. The first-order chi connectivity index (χ1) is 13.4. The summed E-state index contributed by atoms with van der Waals surface area (Å²) in [4.78, 5) is 5.35. The molecule has 2 aromatic carbocycles. The number of rotatable bonds is 5. The van der Waals surface area contributed by atoms with Crippen LogP contribution in [0.4, 0.5) is 0 Å². The molecule has 0 N–H and O–H groups in total. The van der Waals surface area contributed by atoms with Gasteiger partial charge < -0.3 is 0 Å². The summed E-state index contributed by atoms with van der Waals surface area (Å²) >= 11 is 0. The fraction of sp³-hybridized carbons (Fsp3) is 0.440. The van der Waals surface area contributed by atoms with Crippen LogP contribution < -0.4 is 0 Å². The van der Waals surface area contributed by atoms with Crippen molar-refractivity contribution in [2.75, 3.05) is 32.7 Å². The Morgan fingerprint density at radius 2 is 1.37 bits per heavy atom. The van der Waals surface area contributed by atoms with Crippen molar-refractivity contribution in [2.45, 2.75) is 37.6 Å². The summed E-state index contributed by atoms with van der Waals surface area (Å²) in [6, 6.07) is 22.6. The third-order valence-electron chi connectivity index (χ3n) is 6.36. The van der Waals surface area contributed by atoms with Gasteiger partial charge in [-0.15, -0.1) is 0 Å². The molecule has 0 atom stereocenters. The lowest BCUT2D eigenvalue weighted by atomic mass is 9.81. The summed E-state index contributed by atoms with van der Waals surface area (Å²) in [6.07, 6.45) is 10.0. The van der Waals surface area contributed by atoms with Gasteiger partial charge in [-0.2, -0.15) is 0 Å². The number of hydrogen-bond donors (Lipinski definition) is 0. The van der Waals surface area contributed by atoms with Crippen molar-refractivity contribution >= 4 is 6.08 Å². The van der Waals surface area contributed by atoms with Gasteiger partial charge in [0.05, 0.1) is 0 Å². The van der Waals surface area contributed by atoms with Crippen LogP contribution in [0.5, 0.6) is 0 Å². The number of hydrogen-bond acceptors (Lipinski definition) is 2. The van der Waals surface area contributed by atoms with Crippen molar-refractivity contribution in [3.63, 3.8) is 0 Å². The monoisotopic (exact) mass is 360 g/mol. The van der Waals surface area contributed by atoms with Gasteiger partial charge in [0.25, 0.3) is 0 Å². The maximum atomic E-state index is 2.76. The predicted octanol–water partition coefficient (Wildman–Crippen LogP) is 5.04. The molecule has 1 saturated carbocycles. The summed E-state index contributed by atoms with van der Waals surface area (Å²) in [6.45, 7) is 5.96. The molecule has 1 saturated heterocycles. The molecular formula is C25H32N2. The van der Waals surface area contributed by atoms with Gasteiger partial charge in [0.15, 0.2) is 0 Å². The first kappa shape index (κ1) is 18.5. The molecule has 0 unspecified atom stereocenters. The summed E-state index contributed by atoms with van der Waals surface area (Å²) < 4.78 is 0. The van der Waals surface area contributed by atoms with Crippen LogP contribution in [0.25, 0.3) is 6.08 Å². The Balaban J connectivity index is 1.19. The standard InChI is InChI=1S/C25H32N2/c1-3-8-22(9-4-1)10-7-17-26-18-20-27(21-19-26)25-15-13-24(14-16-25)23-11-5-2-6-12-23/h1-12,24-25H,13-21H2. The minimum Gasteiger partial charge on any atom is -0.298 e. The molecule has 2 heteroatoms. The zero-order valence-electron chi connectivity index (χ0n) is 16.3. The Morgan fingerprint density at radius 3 is 2.04 bits per heavy atom. The van der Waals surface area contributed by atoms with E-state index < -0.39 is 0 Å². The third kappa shape index (κ3) is 5.09. The molecule has 0 aromatic heterocycles. The topological polar surface area (TPSA) is 6.48 Å². The molecule has 0 amide bonds. The highest BCUT2D eigenvalue weighted by Gasteiger charge is 2.28. The first-order valence-electron chi connectivity index (χ1n) is 10.6. The maximum Gasteiger partial charge on any atom is 0.0167 e. The Hall–Kier alpha value is -1.90. The average Bonchev–Trinajstić information content (AvgIpc) is 2.76. The van der Waals surface area contributed by atoms with Crippen LogP contribution in [0.15, 0.2) is 66.7 Å². The van der Waals surface area contributed by atoms with Gasteiger partial charge in [-0.1, -0.05) is 72.8 Å². The second kappa shape index (κ2) is 9.34. The van der Waals surface area contributed by atoms with Gasteiger partial charge in [-0.05, 0) is 42.7 Å². The molecule has 2 fully saturated rings. The van der Waals surface area contributed by atoms with E-state index in [1.165, 1.54) is 57.4 Å². The Bertz CT molecular complexity index is 694. The van der Waals surface area contributed by atoms with Gasteiger partial charge in [0, 0.05) is 38.8 Å². The van der Waals surface area contributed by atoms with Crippen LogP contribution in [0.2, 0.25) is 0 Å². The largest absolute Gasteiger partial charge is 0.298 e. The third-order valence-corrected chi connectivity index (χ3v) is 6.36. The second-order valence-electron chi connectivity index (χ2n) is 8.07. The minimum atomic E-state index is 0.784. The van der Waals surface area contributed by atoms with Gasteiger partial charge in [-0.25, -0.2) is 0 Å². The molecule has 4 rings (SSSR count).